The van der Waals surface area contributed by atoms with Gasteiger partial charge in [0.15, 0.2) is 0 Å². The fourth-order valence-corrected chi connectivity index (χ4v) is 5.72. The molecule has 0 nitrogen and oxygen atoms in total. The van der Waals surface area contributed by atoms with Crippen LogP contribution in [0.25, 0.3) is 0 Å². The molecule has 5 atom stereocenters. The Morgan fingerprint density at radius 1 is 1.15 bits per heavy atom. The van der Waals surface area contributed by atoms with E-state index in [0.717, 1.165) is 11.8 Å². The number of hydrogen-bond donors (Lipinski definition) is 0. The summed E-state index contributed by atoms with van der Waals surface area (Å²) in [5.74, 6) is 2.33. The summed E-state index contributed by atoms with van der Waals surface area (Å²) in [5.41, 5.74) is 3.04. The molecule has 0 aliphatic heterocycles. The topological polar surface area (TPSA) is 0 Å². The monoisotopic (exact) mass is 272 g/mol. The summed E-state index contributed by atoms with van der Waals surface area (Å²) >= 11 is 0. The van der Waals surface area contributed by atoms with Gasteiger partial charge < -0.3 is 0 Å². The lowest BCUT2D eigenvalue weighted by molar-refractivity contribution is -0.0440. The van der Waals surface area contributed by atoms with Gasteiger partial charge in [0.2, 0.25) is 0 Å². The van der Waals surface area contributed by atoms with Crippen LogP contribution in [0.3, 0.4) is 0 Å². The van der Waals surface area contributed by atoms with Crippen LogP contribution in [0.1, 0.15) is 66.7 Å². The fraction of sp³-hybridized carbons (Fsp3) is 0.800. The normalized spacial score (nSPS) is 50.0. The highest BCUT2D eigenvalue weighted by Gasteiger charge is 2.56. The Bertz CT molecular complexity index is 455. The van der Waals surface area contributed by atoms with E-state index in [1.165, 1.54) is 32.1 Å². The Hall–Kier alpha value is -0.520. The van der Waals surface area contributed by atoms with Gasteiger partial charge >= 0.3 is 0 Å². The van der Waals surface area contributed by atoms with Crippen molar-refractivity contribution in [1.82, 2.24) is 0 Å². The van der Waals surface area contributed by atoms with Gasteiger partial charge in [-0.15, -0.1) is 6.58 Å². The number of fused-ring (bicyclic) bond motifs is 4. The van der Waals surface area contributed by atoms with Gasteiger partial charge in [0.1, 0.15) is 0 Å². The lowest BCUT2D eigenvalue weighted by Gasteiger charge is -2.61. The molecule has 0 radical (unpaired) electrons. The summed E-state index contributed by atoms with van der Waals surface area (Å²) in [5, 5.41) is 0. The van der Waals surface area contributed by atoms with Crippen molar-refractivity contribution in [2.75, 3.05) is 0 Å². The van der Waals surface area contributed by atoms with Crippen LogP contribution in [0.15, 0.2) is 24.3 Å². The van der Waals surface area contributed by atoms with E-state index < -0.39 is 0 Å². The molecule has 2 saturated carbocycles. The van der Waals surface area contributed by atoms with Gasteiger partial charge in [-0.2, -0.15) is 0 Å². The molecule has 2 bridgehead atoms. The van der Waals surface area contributed by atoms with Gasteiger partial charge in [-0.25, -0.2) is 0 Å². The SMILES string of the molecule is C=C[C@]1(C)CC[C@@]2(C)[C@@H]3CCCC(C)(C)C3=C[C@@H]1[C@@H]2C. The summed E-state index contributed by atoms with van der Waals surface area (Å²) in [6.45, 7) is 16.7. The second-order valence-electron chi connectivity index (χ2n) is 8.98. The first-order valence-corrected chi connectivity index (χ1v) is 8.60. The molecular weight excluding hydrogens is 240 g/mol. The Morgan fingerprint density at radius 2 is 1.85 bits per heavy atom. The van der Waals surface area contributed by atoms with E-state index in [2.05, 4.69) is 53.3 Å². The molecule has 112 valence electrons. The molecule has 0 aromatic carbocycles. The Kier molecular flexibility index (Phi) is 3.06. The standard InChI is InChI=1S/C20H32/c1-7-19(5)11-12-20(6)14(2)16(19)13-17-15(20)9-8-10-18(17,3)4/h7,13-16H,1,8-12H2,2-6H3/t14-,15+,16+,19+,20+/m0/s1. The van der Waals surface area contributed by atoms with Crippen molar-refractivity contribution in [3.63, 3.8) is 0 Å². The van der Waals surface area contributed by atoms with Crippen molar-refractivity contribution in [1.29, 1.82) is 0 Å². The smallest absolute Gasteiger partial charge is 0.00834 e. The summed E-state index contributed by atoms with van der Waals surface area (Å²) in [7, 11) is 0. The van der Waals surface area contributed by atoms with E-state index in [-0.39, 0.29) is 0 Å². The quantitative estimate of drug-likeness (QED) is 0.514. The lowest BCUT2D eigenvalue weighted by Crippen LogP contribution is -2.53. The molecule has 0 unspecified atom stereocenters. The lowest BCUT2D eigenvalue weighted by atomic mass is 9.43. The van der Waals surface area contributed by atoms with Gasteiger partial charge in [0.05, 0.1) is 0 Å². The van der Waals surface area contributed by atoms with Crippen LogP contribution in [0.5, 0.6) is 0 Å². The molecule has 0 aromatic heterocycles. The highest BCUT2D eigenvalue weighted by Crippen LogP contribution is 2.65. The van der Waals surface area contributed by atoms with Gasteiger partial charge in [-0.05, 0) is 59.7 Å². The maximum atomic E-state index is 4.17. The first-order valence-electron chi connectivity index (χ1n) is 8.60. The Morgan fingerprint density at radius 3 is 2.50 bits per heavy atom. The highest BCUT2D eigenvalue weighted by atomic mass is 14.6. The predicted molar refractivity (Wildman–Crippen MR) is 87.5 cm³/mol. The van der Waals surface area contributed by atoms with Crippen LogP contribution in [-0.2, 0) is 0 Å². The van der Waals surface area contributed by atoms with Gasteiger partial charge in [-0.1, -0.05) is 58.8 Å². The van der Waals surface area contributed by atoms with E-state index in [9.17, 15) is 0 Å². The van der Waals surface area contributed by atoms with Gasteiger partial charge in [0.25, 0.3) is 0 Å². The third-order valence-corrected chi connectivity index (χ3v) is 7.62. The second-order valence-corrected chi connectivity index (χ2v) is 8.98. The molecule has 0 aromatic rings. The largest absolute Gasteiger partial charge is 0.103 e. The molecule has 0 heterocycles. The minimum atomic E-state index is 0.310. The zero-order chi connectivity index (χ0) is 14.8. The van der Waals surface area contributed by atoms with E-state index in [1.807, 2.05) is 0 Å². The van der Waals surface area contributed by atoms with Crippen LogP contribution in [0, 0.1) is 34.0 Å². The zero-order valence-electron chi connectivity index (χ0n) is 14.1. The average molecular weight is 272 g/mol. The molecular formula is C20H32. The van der Waals surface area contributed by atoms with Gasteiger partial charge in [0, 0.05) is 0 Å². The maximum Gasteiger partial charge on any atom is -0.00834 e. The van der Waals surface area contributed by atoms with Crippen LogP contribution in [0.2, 0.25) is 0 Å². The van der Waals surface area contributed by atoms with Crippen molar-refractivity contribution in [2.24, 2.45) is 34.0 Å². The first kappa shape index (κ1) is 14.4. The highest BCUT2D eigenvalue weighted by molar-refractivity contribution is 5.30. The molecule has 20 heavy (non-hydrogen) atoms. The van der Waals surface area contributed by atoms with Crippen molar-refractivity contribution < 1.29 is 0 Å². The molecule has 0 spiro atoms. The molecule has 0 amide bonds. The van der Waals surface area contributed by atoms with E-state index in [4.69, 9.17) is 0 Å². The minimum absolute atomic E-state index is 0.310. The van der Waals surface area contributed by atoms with Crippen LogP contribution in [-0.4, -0.2) is 0 Å². The minimum Gasteiger partial charge on any atom is -0.103 e. The Balaban J connectivity index is 2.14. The van der Waals surface area contributed by atoms with E-state index in [0.29, 0.717) is 22.2 Å². The third-order valence-electron chi connectivity index (χ3n) is 7.62. The van der Waals surface area contributed by atoms with Crippen LogP contribution in [0.4, 0.5) is 0 Å². The summed E-state index contributed by atoms with van der Waals surface area (Å²) in [6.07, 6.45) is 11.9. The number of rotatable bonds is 1. The number of hydrogen-bond acceptors (Lipinski definition) is 0. The second kappa shape index (κ2) is 4.24. The maximum absolute atomic E-state index is 4.17. The zero-order valence-corrected chi connectivity index (χ0v) is 14.1. The fourth-order valence-electron chi connectivity index (χ4n) is 5.72. The first-order chi connectivity index (χ1) is 9.24. The summed E-state index contributed by atoms with van der Waals surface area (Å²) in [4.78, 5) is 0. The molecule has 3 rings (SSSR count). The molecule has 3 aliphatic carbocycles. The number of allylic oxidation sites excluding steroid dienone is 3. The van der Waals surface area contributed by atoms with Crippen molar-refractivity contribution >= 4 is 0 Å². The molecule has 0 heteroatoms. The van der Waals surface area contributed by atoms with Crippen molar-refractivity contribution in [2.45, 2.75) is 66.7 Å². The summed E-state index contributed by atoms with van der Waals surface area (Å²) < 4.78 is 0. The Labute approximate surface area is 125 Å². The predicted octanol–water partition coefficient (Wildman–Crippen LogP) is 6.00. The van der Waals surface area contributed by atoms with E-state index in [1.54, 1.807) is 5.57 Å². The third kappa shape index (κ3) is 1.72. The van der Waals surface area contributed by atoms with Crippen molar-refractivity contribution in [3.8, 4) is 0 Å². The molecule has 0 N–H and O–H groups in total. The average Bonchev–Trinajstić information content (AvgIpc) is 2.39. The molecule has 0 saturated heterocycles. The molecule has 3 aliphatic rings. The van der Waals surface area contributed by atoms with Crippen molar-refractivity contribution in [3.05, 3.63) is 24.3 Å². The molecule has 2 fully saturated rings. The van der Waals surface area contributed by atoms with E-state index >= 15 is 0 Å². The van der Waals surface area contributed by atoms with Gasteiger partial charge in [-0.3, -0.25) is 0 Å². The summed E-state index contributed by atoms with van der Waals surface area (Å²) in [6, 6.07) is 0. The van der Waals surface area contributed by atoms with Crippen LogP contribution < -0.4 is 0 Å². The van der Waals surface area contributed by atoms with Crippen LogP contribution >= 0.6 is 0 Å².